The molecule has 1 aromatic carbocycles. The van der Waals surface area contributed by atoms with Crippen molar-refractivity contribution in [1.82, 2.24) is 0 Å². The van der Waals surface area contributed by atoms with Crippen LogP contribution >= 0.6 is 15.9 Å². The van der Waals surface area contributed by atoms with Crippen molar-refractivity contribution < 1.29 is 13.6 Å². The molecule has 1 atom stereocenters. The Hall–Kier alpha value is -0.770. The smallest absolute Gasteiger partial charge is 0.143 e. The van der Waals surface area contributed by atoms with E-state index in [2.05, 4.69) is 15.9 Å². The van der Waals surface area contributed by atoms with Crippen molar-refractivity contribution in [3.05, 3.63) is 33.8 Å². The van der Waals surface area contributed by atoms with Crippen molar-refractivity contribution in [3.8, 4) is 0 Å². The molecule has 0 aliphatic rings. The van der Waals surface area contributed by atoms with Crippen LogP contribution in [-0.2, 0) is 11.2 Å². The molecule has 4 heteroatoms. The predicted molar refractivity (Wildman–Crippen MR) is 66.8 cm³/mol. The number of halogens is 3. The Balaban J connectivity index is 2.81. The van der Waals surface area contributed by atoms with Crippen molar-refractivity contribution in [2.45, 2.75) is 33.1 Å². The summed E-state index contributed by atoms with van der Waals surface area (Å²) < 4.78 is 27.2. The zero-order chi connectivity index (χ0) is 13.0. The number of carbonyl (C=O) groups excluding carboxylic acids is 1. The summed E-state index contributed by atoms with van der Waals surface area (Å²) in [6.07, 6.45) is 1.07. The minimum atomic E-state index is -0.678. The number of ketones is 1. The molecule has 0 aromatic heterocycles. The van der Waals surface area contributed by atoms with Crippen LogP contribution in [0.2, 0.25) is 0 Å². The Bertz CT molecular complexity index is 418. The summed E-state index contributed by atoms with van der Waals surface area (Å²) in [4.78, 5) is 11.6. The van der Waals surface area contributed by atoms with Gasteiger partial charge in [0.1, 0.15) is 17.4 Å². The Labute approximate surface area is 108 Å². The van der Waals surface area contributed by atoms with Crippen LogP contribution in [0.5, 0.6) is 0 Å². The molecule has 17 heavy (non-hydrogen) atoms. The highest BCUT2D eigenvalue weighted by molar-refractivity contribution is 9.10. The molecule has 1 nitrogen and oxygen atoms in total. The number of benzene rings is 1. The zero-order valence-electron chi connectivity index (χ0n) is 9.90. The van der Waals surface area contributed by atoms with Gasteiger partial charge in [-0.05, 0) is 34.0 Å². The van der Waals surface area contributed by atoms with Gasteiger partial charge in [-0.25, -0.2) is 8.78 Å². The van der Waals surface area contributed by atoms with Crippen LogP contribution in [0.3, 0.4) is 0 Å². The fourth-order valence-electron chi connectivity index (χ4n) is 1.53. The minimum absolute atomic E-state index is 0.129. The van der Waals surface area contributed by atoms with Crippen LogP contribution < -0.4 is 0 Å². The number of Topliss-reactive ketones (excluding diaryl/α,β-unsaturated/α-hetero) is 1. The molecule has 1 aromatic rings. The van der Waals surface area contributed by atoms with Gasteiger partial charge in [-0.2, -0.15) is 0 Å². The van der Waals surface area contributed by atoms with Gasteiger partial charge in [-0.1, -0.05) is 20.3 Å². The molecule has 0 saturated heterocycles. The number of carbonyl (C=O) groups is 1. The van der Waals surface area contributed by atoms with Gasteiger partial charge < -0.3 is 0 Å². The number of hydrogen-bond donors (Lipinski definition) is 0. The van der Waals surface area contributed by atoms with Crippen LogP contribution in [0, 0.1) is 17.6 Å². The van der Waals surface area contributed by atoms with Crippen LogP contribution in [0.4, 0.5) is 8.78 Å². The average Bonchev–Trinajstić information content (AvgIpc) is 2.29. The molecule has 94 valence electrons. The second-order valence-electron chi connectivity index (χ2n) is 4.25. The first-order chi connectivity index (χ1) is 7.95. The quantitative estimate of drug-likeness (QED) is 0.742. The molecule has 0 aliphatic heterocycles. The molecule has 0 fully saturated rings. The number of hydrogen-bond acceptors (Lipinski definition) is 1. The van der Waals surface area contributed by atoms with E-state index in [4.69, 9.17) is 0 Å². The van der Waals surface area contributed by atoms with Gasteiger partial charge in [0.05, 0.1) is 4.47 Å². The summed E-state index contributed by atoms with van der Waals surface area (Å²) in [7, 11) is 0. The van der Waals surface area contributed by atoms with E-state index in [-0.39, 0.29) is 28.2 Å². The highest BCUT2D eigenvalue weighted by atomic mass is 79.9. The van der Waals surface area contributed by atoms with E-state index >= 15 is 0 Å². The van der Waals surface area contributed by atoms with Crippen LogP contribution in [0.1, 0.15) is 32.3 Å². The molecular weight excluding hydrogens is 290 g/mol. The third-order valence-electron chi connectivity index (χ3n) is 2.79. The van der Waals surface area contributed by atoms with Gasteiger partial charge in [0.2, 0.25) is 0 Å². The topological polar surface area (TPSA) is 17.1 Å². The molecule has 0 bridgehead atoms. The summed E-state index contributed by atoms with van der Waals surface area (Å²) in [5.74, 6) is -1.22. The largest absolute Gasteiger partial charge is 0.299 e. The second kappa shape index (κ2) is 6.24. The lowest BCUT2D eigenvalue weighted by atomic mass is 9.97. The Morgan fingerprint density at radius 3 is 2.65 bits per heavy atom. The third kappa shape index (κ3) is 3.87. The standard InChI is InChI=1S/C13H15BrF2O/c1-3-8(2)6-9(17)7-10-12(15)5-4-11(14)13(10)16/h4-5,8H,3,6-7H2,1-2H3. The molecule has 0 heterocycles. The van der Waals surface area contributed by atoms with Crippen LogP contribution in [0.15, 0.2) is 16.6 Å². The van der Waals surface area contributed by atoms with E-state index in [1.54, 1.807) is 0 Å². The lowest BCUT2D eigenvalue weighted by molar-refractivity contribution is -0.119. The Morgan fingerprint density at radius 2 is 2.06 bits per heavy atom. The maximum absolute atomic E-state index is 13.6. The summed E-state index contributed by atoms with van der Waals surface area (Å²) >= 11 is 2.98. The molecule has 0 N–H and O–H groups in total. The van der Waals surface area contributed by atoms with E-state index in [1.165, 1.54) is 12.1 Å². The first-order valence-corrected chi connectivity index (χ1v) is 6.39. The zero-order valence-corrected chi connectivity index (χ0v) is 11.5. The summed E-state index contributed by atoms with van der Waals surface area (Å²) in [5.41, 5.74) is -0.146. The van der Waals surface area contributed by atoms with Crippen molar-refractivity contribution >= 4 is 21.7 Å². The van der Waals surface area contributed by atoms with Gasteiger partial charge in [-0.15, -0.1) is 0 Å². The lowest BCUT2D eigenvalue weighted by Crippen LogP contribution is -2.10. The van der Waals surface area contributed by atoms with E-state index in [1.807, 2.05) is 13.8 Å². The van der Waals surface area contributed by atoms with Crippen molar-refractivity contribution in [3.63, 3.8) is 0 Å². The Morgan fingerprint density at radius 1 is 1.41 bits per heavy atom. The molecule has 1 unspecified atom stereocenters. The SMILES string of the molecule is CCC(C)CC(=O)Cc1c(F)ccc(Br)c1F. The highest BCUT2D eigenvalue weighted by Crippen LogP contribution is 2.23. The molecule has 0 radical (unpaired) electrons. The maximum Gasteiger partial charge on any atom is 0.143 e. The molecule has 0 saturated carbocycles. The van der Waals surface area contributed by atoms with Gasteiger partial charge in [-0.3, -0.25) is 4.79 Å². The molecule has 0 amide bonds. The van der Waals surface area contributed by atoms with E-state index in [0.29, 0.717) is 6.42 Å². The lowest BCUT2D eigenvalue weighted by Gasteiger charge is -2.09. The van der Waals surface area contributed by atoms with E-state index < -0.39 is 11.6 Å². The van der Waals surface area contributed by atoms with Gasteiger partial charge in [0.25, 0.3) is 0 Å². The van der Waals surface area contributed by atoms with Crippen molar-refractivity contribution in [1.29, 1.82) is 0 Å². The van der Waals surface area contributed by atoms with Gasteiger partial charge in [0.15, 0.2) is 0 Å². The van der Waals surface area contributed by atoms with E-state index in [0.717, 1.165) is 6.42 Å². The van der Waals surface area contributed by atoms with E-state index in [9.17, 15) is 13.6 Å². The predicted octanol–water partition coefficient (Wildman–Crippen LogP) is 4.28. The monoisotopic (exact) mass is 304 g/mol. The fourth-order valence-corrected chi connectivity index (χ4v) is 1.90. The molecule has 0 spiro atoms. The summed E-state index contributed by atoms with van der Waals surface area (Å²) in [5, 5.41) is 0. The summed E-state index contributed by atoms with van der Waals surface area (Å²) in [6.45, 7) is 3.93. The minimum Gasteiger partial charge on any atom is -0.299 e. The van der Waals surface area contributed by atoms with Gasteiger partial charge in [0, 0.05) is 18.4 Å². The average molecular weight is 305 g/mol. The van der Waals surface area contributed by atoms with Gasteiger partial charge >= 0.3 is 0 Å². The fraction of sp³-hybridized carbons (Fsp3) is 0.462. The van der Waals surface area contributed by atoms with Crippen LogP contribution in [0.25, 0.3) is 0 Å². The molecular formula is C13H15BrF2O. The second-order valence-corrected chi connectivity index (χ2v) is 5.11. The summed E-state index contributed by atoms with van der Waals surface area (Å²) in [6, 6.07) is 2.46. The molecule has 0 aliphatic carbocycles. The normalized spacial score (nSPS) is 12.5. The van der Waals surface area contributed by atoms with Crippen LogP contribution in [-0.4, -0.2) is 5.78 Å². The first kappa shape index (κ1) is 14.3. The van der Waals surface area contributed by atoms with Crippen molar-refractivity contribution in [2.75, 3.05) is 0 Å². The van der Waals surface area contributed by atoms with Crippen molar-refractivity contribution in [2.24, 2.45) is 5.92 Å². The molecule has 1 rings (SSSR count). The number of rotatable bonds is 5. The first-order valence-electron chi connectivity index (χ1n) is 5.59. The highest BCUT2D eigenvalue weighted by Gasteiger charge is 2.16. The Kier molecular flexibility index (Phi) is 5.25. The maximum atomic E-state index is 13.6. The third-order valence-corrected chi connectivity index (χ3v) is 3.40.